The SMILES string of the molecule is CC/C(=C/N)C(=NC)C(C)C(C)C. The standard InChI is InChI=1S/C11H22N2/c1-6-10(7-12)11(13-5)9(4)8(2)3/h7-9H,6,12H2,1-5H3/b10-7-,13-11?. The van der Waals surface area contributed by atoms with Crippen molar-refractivity contribution < 1.29 is 0 Å². The van der Waals surface area contributed by atoms with Gasteiger partial charge in [-0.15, -0.1) is 0 Å². The largest absolute Gasteiger partial charge is 0.404 e. The molecule has 0 aromatic heterocycles. The lowest BCUT2D eigenvalue weighted by Crippen LogP contribution is -2.19. The van der Waals surface area contributed by atoms with Gasteiger partial charge < -0.3 is 5.73 Å². The molecule has 0 fully saturated rings. The van der Waals surface area contributed by atoms with E-state index >= 15 is 0 Å². The molecule has 0 saturated carbocycles. The van der Waals surface area contributed by atoms with E-state index < -0.39 is 0 Å². The van der Waals surface area contributed by atoms with Crippen LogP contribution >= 0.6 is 0 Å². The van der Waals surface area contributed by atoms with Gasteiger partial charge in [0.2, 0.25) is 0 Å². The molecule has 0 heterocycles. The van der Waals surface area contributed by atoms with Crippen molar-refractivity contribution in [2.75, 3.05) is 7.05 Å². The second kappa shape index (κ2) is 5.79. The van der Waals surface area contributed by atoms with Crippen LogP contribution < -0.4 is 5.73 Å². The Bertz CT molecular complexity index is 202. The fraction of sp³-hybridized carbons (Fsp3) is 0.727. The van der Waals surface area contributed by atoms with Gasteiger partial charge in [0.05, 0.1) is 0 Å². The predicted molar refractivity (Wildman–Crippen MR) is 59.9 cm³/mol. The molecule has 0 amide bonds. The monoisotopic (exact) mass is 182 g/mol. The number of nitrogens with zero attached hydrogens (tertiary/aromatic N) is 1. The third-order valence-electron chi connectivity index (χ3n) is 2.58. The second-order valence-corrected chi connectivity index (χ2v) is 3.69. The van der Waals surface area contributed by atoms with Gasteiger partial charge in [0, 0.05) is 18.7 Å². The normalized spacial score (nSPS) is 16.5. The Morgan fingerprint density at radius 2 is 1.92 bits per heavy atom. The zero-order valence-corrected chi connectivity index (χ0v) is 9.46. The molecule has 1 unspecified atom stereocenters. The van der Waals surface area contributed by atoms with Crippen molar-refractivity contribution in [1.29, 1.82) is 0 Å². The van der Waals surface area contributed by atoms with Gasteiger partial charge in [-0.3, -0.25) is 4.99 Å². The van der Waals surface area contributed by atoms with Gasteiger partial charge in [-0.1, -0.05) is 27.7 Å². The molecule has 0 aliphatic carbocycles. The molecule has 0 radical (unpaired) electrons. The molecular weight excluding hydrogens is 160 g/mol. The minimum absolute atomic E-state index is 0.486. The van der Waals surface area contributed by atoms with Crippen molar-refractivity contribution >= 4 is 5.71 Å². The molecule has 13 heavy (non-hydrogen) atoms. The summed E-state index contributed by atoms with van der Waals surface area (Å²) in [5, 5.41) is 0. The predicted octanol–water partition coefficient (Wildman–Crippen LogP) is 2.60. The van der Waals surface area contributed by atoms with Crippen molar-refractivity contribution in [2.45, 2.75) is 34.1 Å². The van der Waals surface area contributed by atoms with E-state index in [4.69, 9.17) is 5.73 Å². The van der Waals surface area contributed by atoms with Crippen LogP contribution in [0.1, 0.15) is 34.1 Å². The van der Waals surface area contributed by atoms with Crippen molar-refractivity contribution in [3.8, 4) is 0 Å². The zero-order valence-electron chi connectivity index (χ0n) is 9.46. The van der Waals surface area contributed by atoms with E-state index in [1.54, 1.807) is 6.20 Å². The molecule has 0 bridgehead atoms. The topological polar surface area (TPSA) is 38.4 Å². The highest BCUT2D eigenvalue weighted by molar-refractivity contribution is 6.01. The molecule has 1 atom stereocenters. The number of hydrogen-bond donors (Lipinski definition) is 1. The molecule has 0 spiro atoms. The van der Waals surface area contributed by atoms with Gasteiger partial charge in [-0.25, -0.2) is 0 Å². The highest BCUT2D eigenvalue weighted by Gasteiger charge is 2.16. The Kier molecular flexibility index (Phi) is 5.44. The molecule has 0 aliphatic heterocycles. The molecule has 0 saturated heterocycles. The fourth-order valence-corrected chi connectivity index (χ4v) is 1.34. The molecule has 0 rings (SSSR count). The highest BCUT2D eigenvalue weighted by atomic mass is 14.7. The van der Waals surface area contributed by atoms with Crippen molar-refractivity contribution in [3.05, 3.63) is 11.8 Å². The third kappa shape index (κ3) is 3.21. The van der Waals surface area contributed by atoms with Gasteiger partial charge >= 0.3 is 0 Å². The summed E-state index contributed by atoms with van der Waals surface area (Å²) in [6.07, 6.45) is 2.64. The van der Waals surface area contributed by atoms with Crippen LogP contribution in [0.3, 0.4) is 0 Å². The van der Waals surface area contributed by atoms with Gasteiger partial charge in [-0.2, -0.15) is 0 Å². The van der Waals surface area contributed by atoms with Crippen molar-refractivity contribution in [3.63, 3.8) is 0 Å². The molecule has 0 aromatic carbocycles. The Morgan fingerprint density at radius 3 is 2.15 bits per heavy atom. The first-order valence-electron chi connectivity index (χ1n) is 4.96. The first-order valence-corrected chi connectivity index (χ1v) is 4.96. The lowest BCUT2D eigenvalue weighted by atomic mass is 9.88. The Hall–Kier alpha value is -0.790. The summed E-state index contributed by atoms with van der Waals surface area (Å²) in [6, 6.07) is 0. The van der Waals surface area contributed by atoms with E-state index in [1.165, 1.54) is 5.57 Å². The Morgan fingerprint density at radius 1 is 1.38 bits per heavy atom. The maximum absolute atomic E-state index is 5.55. The summed E-state index contributed by atoms with van der Waals surface area (Å²) < 4.78 is 0. The lowest BCUT2D eigenvalue weighted by molar-refractivity contribution is 0.530. The summed E-state index contributed by atoms with van der Waals surface area (Å²) in [7, 11) is 1.84. The van der Waals surface area contributed by atoms with Crippen LogP contribution in [0.15, 0.2) is 16.8 Å². The van der Waals surface area contributed by atoms with Crippen LogP contribution in [0.5, 0.6) is 0 Å². The van der Waals surface area contributed by atoms with E-state index in [1.807, 2.05) is 7.05 Å². The van der Waals surface area contributed by atoms with Crippen molar-refractivity contribution in [2.24, 2.45) is 22.6 Å². The van der Waals surface area contributed by atoms with E-state index in [0.29, 0.717) is 11.8 Å². The van der Waals surface area contributed by atoms with E-state index in [-0.39, 0.29) is 0 Å². The van der Waals surface area contributed by atoms with Gasteiger partial charge in [0.15, 0.2) is 0 Å². The molecular formula is C11H22N2. The summed E-state index contributed by atoms with van der Waals surface area (Å²) >= 11 is 0. The lowest BCUT2D eigenvalue weighted by Gasteiger charge is -2.19. The van der Waals surface area contributed by atoms with Crippen LogP contribution in [0.25, 0.3) is 0 Å². The maximum atomic E-state index is 5.55. The van der Waals surface area contributed by atoms with Crippen LogP contribution in [0.2, 0.25) is 0 Å². The molecule has 0 aliphatic rings. The van der Waals surface area contributed by atoms with Crippen LogP contribution in [-0.2, 0) is 0 Å². The van der Waals surface area contributed by atoms with Crippen molar-refractivity contribution in [1.82, 2.24) is 0 Å². The number of rotatable bonds is 4. The third-order valence-corrected chi connectivity index (χ3v) is 2.58. The number of hydrogen-bond acceptors (Lipinski definition) is 2. The van der Waals surface area contributed by atoms with Crippen LogP contribution in [-0.4, -0.2) is 12.8 Å². The average molecular weight is 182 g/mol. The molecule has 2 nitrogen and oxygen atoms in total. The van der Waals surface area contributed by atoms with Gasteiger partial charge in [0.1, 0.15) is 0 Å². The Labute approximate surface area is 81.9 Å². The first kappa shape index (κ1) is 12.2. The highest BCUT2D eigenvalue weighted by Crippen LogP contribution is 2.18. The smallest absolute Gasteiger partial charge is 0.0421 e. The van der Waals surface area contributed by atoms with E-state index in [9.17, 15) is 0 Å². The quantitative estimate of drug-likeness (QED) is 0.667. The summed E-state index contributed by atoms with van der Waals surface area (Å²) in [6.45, 7) is 8.72. The second-order valence-electron chi connectivity index (χ2n) is 3.69. The van der Waals surface area contributed by atoms with Gasteiger partial charge in [-0.05, 0) is 24.1 Å². The average Bonchev–Trinajstić information content (AvgIpc) is 2.12. The van der Waals surface area contributed by atoms with E-state index in [0.717, 1.165) is 12.1 Å². The molecule has 2 heteroatoms. The molecule has 0 aromatic rings. The summed E-state index contributed by atoms with van der Waals surface area (Å²) in [5.74, 6) is 1.10. The molecule has 76 valence electrons. The van der Waals surface area contributed by atoms with E-state index in [2.05, 4.69) is 32.7 Å². The zero-order chi connectivity index (χ0) is 10.4. The maximum Gasteiger partial charge on any atom is 0.0421 e. The number of allylic oxidation sites excluding steroid dienone is 1. The number of aliphatic imine (C=N–C) groups is 1. The first-order chi connectivity index (χ1) is 6.08. The number of nitrogens with two attached hydrogens (primary N) is 1. The Balaban J connectivity index is 4.71. The molecule has 2 N–H and O–H groups in total. The fourth-order valence-electron chi connectivity index (χ4n) is 1.34. The van der Waals surface area contributed by atoms with Gasteiger partial charge in [0.25, 0.3) is 0 Å². The minimum Gasteiger partial charge on any atom is -0.404 e. The van der Waals surface area contributed by atoms with Crippen LogP contribution in [0, 0.1) is 11.8 Å². The van der Waals surface area contributed by atoms with Crippen LogP contribution in [0.4, 0.5) is 0 Å². The minimum atomic E-state index is 0.486. The summed E-state index contributed by atoms with van der Waals surface area (Å²) in [4.78, 5) is 4.32. The summed E-state index contributed by atoms with van der Waals surface area (Å²) in [5.41, 5.74) is 7.88.